The molecule has 1 aromatic heterocycles. The quantitative estimate of drug-likeness (QED) is 0.0853. The molecule has 0 radical (unpaired) electrons. The molecule has 1 N–H and O–H groups in total. The number of carbonyl (C=O) groups excluding carboxylic acids is 2. The van der Waals surface area contributed by atoms with Gasteiger partial charge >= 0.3 is 5.91 Å². The lowest BCUT2D eigenvalue weighted by molar-refractivity contribution is -0.132. The molecule has 1 unspecified atom stereocenters. The van der Waals surface area contributed by atoms with Gasteiger partial charge in [-0.3, -0.25) is 14.5 Å². The van der Waals surface area contributed by atoms with Crippen LogP contribution in [0.2, 0.25) is 10.0 Å². The lowest BCUT2D eigenvalue weighted by Crippen LogP contribution is -2.29. The number of Topliss-reactive ketones (excluding diaryl/α,β-unsaturated/α-hetero) is 1. The number of hydrogen-bond acceptors (Lipinski definition) is 7. The first-order valence-electron chi connectivity index (χ1n) is 11.0. The predicted octanol–water partition coefficient (Wildman–Crippen LogP) is 7.04. The number of halogens is 4. The number of aromatic nitrogens is 2. The number of thioether (sulfide) groups is 1. The molecule has 1 amide bonds. The number of aliphatic hydroxyl groups excluding tert-OH is 1. The Balaban J connectivity index is 1.55. The number of amides is 1. The van der Waals surface area contributed by atoms with Crippen LogP contribution in [0.3, 0.4) is 0 Å². The Labute approximate surface area is 233 Å². The van der Waals surface area contributed by atoms with Gasteiger partial charge in [0, 0.05) is 11.3 Å². The van der Waals surface area contributed by atoms with Gasteiger partial charge in [0.15, 0.2) is 4.34 Å². The van der Waals surface area contributed by atoms with Crippen LogP contribution in [-0.4, -0.2) is 27.0 Å². The maximum Gasteiger partial charge on any atom is 0.301 e. The Hall–Kier alpha value is -3.31. The molecule has 1 fully saturated rings. The summed E-state index contributed by atoms with van der Waals surface area (Å²) in [7, 11) is 0. The Morgan fingerprint density at radius 1 is 0.947 bits per heavy atom. The highest BCUT2D eigenvalue weighted by molar-refractivity contribution is 8.00. The highest BCUT2D eigenvalue weighted by Gasteiger charge is 2.48. The number of anilines is 1. The first-order chi connectivity index (χ1) is 18.2. The van der Waals surface area contributed by atoms with Crippen LogP contribution in [-0.2, 0) is 15.3 Å². The molecule has 5 rings (SSSR count). The van der Waals surface area contributed by atoms with E-state index in [-0.39, 0.29) is 32.1 Å². The summed E-state index contributed by atoms with van der Waals surface area (Å²) < 4.78 is 27.2. The van der Waals surface area contributed by atoms with Crippen molar-refractivity contribution in [3.63, 3.8) is 0 Å². The fourth-order valence-electron chi connectivity index (χ4n) is 3.87. The van der Waals surface area contributed by atoms with E-state index in [1.165, 1.54) is 48.2 Å². The average molecular weight is 590 g/mol. The number of hydrogen-bond donors (Lipinski definition) is 1. The van der Waals surface area contributed by atoms with E-state index >= 15 is 0 Å². The molecule has 12 heteroatoms. The van der Waals surface area contributed by atoms with Crippen LogP contribution in [0, 0.1) is 11.6 Å². The van der Waals surface area contributed by atoms with Crippen LogP contribution in [0.4, 0.5) is 13.9 Å². The minimum absolute atomic E-state index is 0.128. The van der Waals surface area contributed by atoms with Gasteiger partial charge in [0.25, 0.3) is 5.78 Å². The molecule has 38 heavy (non-hydrogen) atoms. The fourth-order valence-corrected chi connectivity index (χ4v) is 6.00. The normalized spacial score (nSPS) is 16.8. The molecular weight excluding hydrogens is 575 g/mol. The monoisotopic (exact) mass is 589 g/mol. The van der Waals surface area contributed by atoms with Gasteiger partial charge in [-0.15, -0.1) is 10.2 Å². The van der Waals surface area contributed by atoms with Gasteiger partial charge in [0.2, 0.25) is 5.13 Å². The average Bonchev–Trinajstić information content (AvgIpc) is 3.47. The zero-order valence-corrected chi connectivity index (χ0v) is 22.2. The lowest BCUT2D eigenvalue weighted by Gasteiger charge is -2.22. The summed E-state index contributed by atoms with van der Waals surface area (Å²) >= 11 is 14.7. The molecule has 0 bridgehead atoms. The van der Waals surface area contributed by atoms with Gasteiger partial charge in [-0.25, -0.2) is 8.78 Å². The lowest BCUT2D eigenvalue weighted by atomic mass is 9.95. The maximum absolute atomic E-state index is 13.5. The number of aliphatic hydroxyl groups is 1. The molecule has 2 heterocycles. The van der Waals surface area contributed by atoms with E-state index in [0.29, 0.717) is 15.7 Å². The number of ketones is 1. The largest absolute Gasteiger partial charge is 0.507 e. The highest BCUT2D eigenvalue weighted by Crippen LogP contribution is 2.45. The van der Waals surface area contributed by atoms with Gasteiger partial charge in [0.1, 0.15) is 17.4 Å². The van der Waals surface area contributed by atoms with E-state index in [4.69, 9.17) is 23.2 Å². The van der Waals surface area contributed by atoms with Gasteiger partial charge in [0.05, 0.1) is 21.7 Å². The third-order valence-electron chi connectivity index (χ3n) is 5.70. The van der Waals surface area contributed by atoms with Crippen LogP contribution in [0.1, 0.15) is 22.7 Å². The number of nitrogens with zero attached hydrogens (tertiary/aromatic N) is 3. The summed E-state index contributed by atoms with van der Waals surface area (Å²) in [5.41, 5.74) is 1.21. The third-order valence-corrected chi connectivity index (χ3v) is 8.56. The summed E-state index contributed by atoms with van der Waals surface area (Å²) in [5.74, 6) is -2.72. The van der Waals surface area contributed by atoms with Gasteiger partial charge < -0.3 is 5.11 Å². The molecule has 1 aliphatic rings. The first-order valence-corrected chi connectivity index (χ1v) is 13.5. The molecule has 192 valence electrons. The van der Waals surface area contributed by atoms with Gasteiger partial charge in [-0.1, -0.05) is 64.5 Å². The van der Waals surface area contributed by atoms with E-state index in [2.05, 4.69) is 10.2 Å². The van der Waals surface area contributed by atoms with Crippen molar-refractivity contribution in [3.8, 4) is 0 Å². The molecule has 6 nitrogen and oxygen atoms in total. The second-order valence-electron chi connectivity index (χ2n) is 8.12. The summed E-state index contributed by atoms with van der Waals surface area (Å²) in [6.45, 7) is 0. The third kappa shape index (κ3) is 5.17. The van der Waals surface area contributed by atoms with Crippen LogP contribution in [0.25, 0.3) is 5.76 Å². The van der Waals surface area contributed by atoms with E-state index in [1.807, 2.05) is 0 Å². The maximum atomic E-state index is 13.5. The zero-order valence-electron chi connectivity index (χ0n) is 19.1. The van der Waals surface area contributed by atoms with Crippen LogP contribution in [0.5, 0.6) is 0 Å². The van der Waals surface area contributed by atoms with Crippen molar-refractivity contribution in [1.29, 1.82) is 0 Å². The minimum atomic E-state index is -1.10. The van der Waals surface area contributed by atoms with Crippen LogP contribution >= 0.6 is 46.3 Å². The number of benzene rings is 3. The number of rotatable bonds is 6. The van der Waals surface area contributed by atoms with Crippen LogP contribution in [0.15, 0.2) is 76.6 Å². The summed E-state index contributed by atoms with van der Waals surface area (Å²) in [6, 6.07) is 14.4. The van der Waals surface area contributed by atoms with Gasteiger partial charge in [-0.2, -0.15) is 0 Å². The molecule has 4 aromatic rings. The molecule has 0 spiro atoms. The second kappa shape index (κ2) is 10.8. The summed E-state index contributed by atoms with van der Waals surface area (Å²) in [6.07, 6.45) is 0. The van der Waals surface area contributed by atoms with Gasteiger partial charge in [-0.05, 0) is 59.7 Å². The topological polar surface area (TPSA) is 83.4 Å². The standard InChI is InChI=1S/C26H15Cl2F2N3O3S2/c27-18-10-5-15(11-19(18)28)21-20(22(34)14-3-8-17(30)9-4-14)23(35)24(36)33(21)25-31-32-26(38-25)37-12-13-1-6-16(29)7-2-13/h1-11,21,34H,12H2/b22-20-. The van der Waals surface area contributed by atoms with Crippen molar-refractivity contribution in [3.05, 3.63) is 111 Å². The second-order valence-corrected chi connectivity index (χ2v) is 11.1. The van der Waals surface area contributed by atoms with Crippen molar-refractivity contribution in [2.24, 2.45) is 0 Å². The Morgan fingerprint density at radius 3 is 2.26 bits per heavy atom. The summed E-state index contributed by atoms with van der Waals surface area (Å²) in [5, 5.41) is 19.9. The molecule has 1 atom stereocenters. The summed E-state index contributed by atoms with van der Waals surface area (Å²) in [4.78, 5) is 27.6. The fraction of sp³-hybridized carbons (Fsp3) is 0.0769. The first kappa shape index (κ1) is 26.3. The Morgan fingerprint density at radius 2 is 1.61 bits per heavy atom. The molecular formula is C26H15Cl2F2N3O3S2. The molecule has 0 aliphatic carbocycles. The van der Waals surface area contributed by atoms with Crippen molar-refractivity contribution >= 4 is 68.9 Å². The molecule has 0 saturated carbocycles. The molecule has 1 aliphatic heterocycles. The van der Waals surface area contributed by atoms with Crippen LogP contribution < -0.4 is 4.90 Å². The van der Waals surface area contributed by atoms with Crippen molar-refractivity contribution in [1.82, 2.24) is 10.2 Å². The minimum Gasteiger partial charge on any atom is -0.507 e. The highest BCUT2D eigenvalue weighted by atomic mass is 35.5. The Kier molecular flexibility index (Phi) is 7.49. The van der Waals surface area contributed by atoms with E-state index < -0.39 is 29.3 Å². The van der Waals surface area contributed by atoms with E-state index in [9.17, 15) is 23.5 Å². The van der Waals surface area contributed by atoms with Crippen molar-refractivity contribution < 1.29 is 23.5 Å². The molecule has 1 saturated heterocycles. The molecule has 3 aromatic carbocycles. The predicted molar refractivity (Wildman–Crippen MR) is 144 cm³/mol. The SMILES string of the molecule is O=C1C(=O)N(c2nnc(SCc3ccc(F)cc3)s2)C(c2ccc(Cl)c(Cl)c2)/C1=C(/O)c1ccc(F)cc1. The van der Waals surface area contributed by atoms with E-state index in [0.717, 1.165) is 33.9 Å². The van der Waals surface area contributed by atoms with Crippen molar-refractivity contribution in [2.45, 2.75) is 16.1 Å². The smallest absolute Gasteiger partial charge is 0.301 e. The zero-order chi connectivity index (χ0) is 27.0. The van der Waals surface area contributed by atoms with Crippen molar-refractivity contribution in [2.75, 3.05) is 4.90 Å². The number of carbonyl (C=O) groups is 2. The van der Waals surface area contributed by atoms with E-state index in [1.54, 1.807) is 18.2 Å². The Bertz CT molecular complexity index is 1580.